The zero-order valence-corrected chi connectivity index (χ0v) is 13.6. The normalized spacial score (nSPS) is 42.9. The van der Waals surface area contributed by atoms with Gasteiger partial charge in [0.15, 0.2) is 12.1 Å². The van der Waals surface area contributed by atoms with Crippen molar-refractivity contribution in [2.24, 2.45) is 11.8 Å². The van der Waals surface area contributed by atoms with Crippen molar-refractivity contribution in [3.63, 3.8) is 0 Å². The molecule has 1 aromatic carbocycles. The molecule has 3 fully saturated rings. The smallest absolute Gasteiger partial charge is 0.198 e. The molecule has 3 aliphatic rings. The van der Waals surface area contributed by atoms with E-state index in [0.29, 0.717) is 6.42 Å². The number of ether oxygens (including phenoxy) is 2. The predicted molar refractivity (Wildman–Crippen MR) is 82.4 cm³/mol. The lowest BCUT2D eigenvalue weighted by Crippen LogP contribution is -2.59. The summed E-state index contributed by atoms with van der Waals surface area (Å²) in [5.41, 5.74) is 0.350. The zero-order valence-electron chi connectivity index (χ0n) is 12.7. The van der Waals surface area contributed by atoms with Crippen molar-refractivity contribution < 1.29 is 19.4 Å². The zero-order chi connectivity index (χ0) is 15.5. The minimum atomic E-state index is -1.29. The number of fused-ring (bicyclic) bond motifs is 2. The molecule has 1 saturated carbocycles. The Morgan fingerprint density at radius 3 is 2.91 bits per heavy atom. The van der Waals surface area contributed by atoms with Gasteiger partial charge in [-0.25, -0.2) is 0 Å². The van der Waals surface area contributed by atoms with E-state index in [-0.39, 0.29) is 24.0 Å². The fraction of sp³-hybridized carbons (Fsp3) is 0.588. The first-order valence-electron chi connectivity index (χ1n) is 7.71. The first-order chi connectivity index (χ1) is 10.4. The molecule has 0 amide bonds. The fourth-order valence-corrected chi connectivity index (χ4v) is 5.09. The van der Waals surface area contributed by atoms with Crippen LogP contribution in [0.15, 0.2) is 29.2 Å². The Hall–Kier alpha value is -0.880. The number of hydrogen-bond acceptors (Lipinski definition) is 5. The Kier molecular flexibility index (Phi) is 3.21. The summed E-state index contributed by atoms with van der Waals surface area (Å²) in [6.45, 7) is 3.88. The number of thioether (sulfide) groups is 1. The third kappa shape index (κ3) is 1.99. The summed E-state index contributed by atoms with van der Waals surface area (Å²) in [4.78, 5) is 13.6. The van der Waals surface area contributed by atoms with E-state index >= 15 is 0 Å². The molecule has 118 valence electrons. The lowest BCUT2D eigenvalue weighted by molar-refractivity contribution is -0.266. The number of carbonyl (C=O) groups is 1. The summed E-state index contributed by atoms with van der Waals surface area (Å²) in [6.07, 6.45) is 0.130. The van der Waals surface area contributed by atoms with E-state index in [0.717, 1.165) is 5.75 Å². The SMILES string of the molecule is Cc1ccccc1SC[C@@H]1[C@H]2O[C@@]3(C)CC(=O)[C@@H]1C[C@]3(O)O2. The number of ketones is 1. The summed E-state index contributed by atoms with van der Waals surface area (Å²) in [5, 5.41) is 10.6. The molecule has 2 heterocycles. The van der Waals surface area contributed by atoms with Crippen molar-refractivity contribution in [3.05, 3.63) is 29.8 Å². The molecule has 2 aliphatic heterocycles. The molecule has 0 spiro atoms. The van der Waals surface area contributed by atoms with Crippen LogP contribution in [0.4, 0.5) is 0 Å². The maximum absolute atomic E-state index is 12.4. The van der Waals surface area contributed by atoms with E-state index < -0.39 is 17.7 Å². The lowest BCUT2D eigenvalue weighted by atomic mass is 9.70. The topological polar surface area (TPSA) is 55.8 Å². The van der Waals surface area contributed by atoms with Gasteiger partial charge >= 0.3 is 0 Å². The predicted octanol–water partition coefficient (Wildman–Crippen LogP) is 2.52. The second-order valence-corrected chi connectivity index (χ2v) is 7.88. The summed E-state index contributed by atoms with van der Waals surface area (Å²) in [6, 6.07) is 8.23. The van der Waals surface area contributed by atoms with E-state index in [4.69, 9.17) is 9.47 Å². The van der Waals surface area contributed by atoms with Gasteiger partial charge in [0.25, 0.3) is 0 Å². The molecule has 1 N–H and O–H groups in total. The quantitative estimate of drug-likeness (QED) is 0.867. The number of rotatable bonds is 3. The van der Waals surface area contributed by atoms with Gasteiger partial charge in [0, 0.05) is 35.3 Å². The minimum absolute atomic E-state index is 0.00158. The number of aryl methyl sites for hydroxylation is 1. The second kappa shape index (κ2) is 4.81. The Bertz CT molecular complexity index is 633. The lowest BCUT2D eigenvalue weighted by Gasteiger charge is -2.45. The molecule has 1 aromatic rings. The monoisotopic (exact) mass is 320 g/mol. The van der Waals surface area contributed by atoms with Crippen molar-refractivity contribution in [1.29, 1.82) is 0 Å². The average Bonchev–Trinajstić information content (AvgIpc) is 2.62. The number of Topliss-reactive ketones (excluding diaryl/α,β-unsaturated/α-hetero) is 1. The van der Waals surface area contributed by atoms with Crippen LogP contribution < -0.4 is 0 Å². The molecule has 0 aromatic heterocycles. The first-order valence-corrected chi connectivity index (χ1v) is 8.70. The Morgan fingerprint density at radius 1 is 1.36 bits per heavy atom. The Balaban J connectivity index is 1.56. The van der Waals surface area contributed by atoms with Crippen LogP contribution in [0.25, 0.3) is 0 Å². The van der Waals surface area contributed by atoms with Crippen LogP contribution in [-0.4, -0.2) is 34.3 Å². The third-order valence-electron chi connectivity index (χ3n) is 5.33. The standard InChI is InChI=1S/C17H20O4S/c1-10-5-3-4-6-14(10)22-9-12-11-7-17(19)16(2,8-13(11)18)20-15(12)21-17/h3-6,11-12,15,19H,7-9H2,1-2H3/t11-,12+,15+,16+,17+/m1/s1. The molecule has 4 rings (SSSR count). The van der Waals surface area contributed by atoms with Gasteiger partial charge in [0.1, 0.15) is 11.4 Å². The van der Waals surface area contributed by atoms with Crippen LogP contribution in [0.3, 0.4) is 0 Å². The van der Waals surface area contributed by atoms with E-state index in [2.05, 4.69) is 19.1 Å². The van der Waals surface area contributed by atoms with Crippen LogP contribution in [0.2, 0.25) is 0 Å². The van der Waals surface area contributed by atoms with Gasteiger partial charge in [-0.05, 0) is 25.5 Å². The minimum Gasteiger partial charge on any atom is -0.363 e. The third-order valence-corrected chi connectivity index (χ3v) is 6.65. The van der Waals surface area contributed by atoms with Crippen LogP contribution in [0.1, 0.15) is 25.3 Å². The van der Waals surface area contributed by atoms with Crippen molar-refractivity contribution in [2.45, 2.75) is 49.3 Å². The highest BCUT2D eigenvalue weighted by Gasteiger charge is 2.69. The number of aliphatic hydroxyl groups is 1. The molecule has 3 bridgehead atoms. The van der Waals surface area contributed by atoms with Gasteiger partial charge in [-0.15, -0.1) is 11.8 Å². The van der Waals surface area contributed by atoms with Gasteiger partial charge in [0.2, 0.25) is 0 Å². The largest absolute Gasteiger partial charge is 0.363 e. The van der Waals surface area contributed by atoms with E-state index in [1.807, 2.05) is 12.1 Å². The van der Waals surface area contributed by atoms with Crippen molar-refractivity contribution in [2.75, 3.05) is 5.75 Å². The second-order valence-electron chi connectivity index (χ2n) is 6.81. The molecule has 5 atom stereocenters. The van der Waals surface area contributed by atoms with Gasteiger partial charge < -0.3 is 14.6 Å². The molecule has 1 aliphatic carbocycles. The van der Waals surface area contributed by atoms with Crippen LogP contribution >= 0.6 is 11.8 Å². The van der Waals surface area contributed by atoms with E-state index in [9.17, 15) is 9.90 Å². The van der Waals surface area contributed by atoms with Crippen molar-refractivity contribution in [1.82, 2.24) is 0 Å². The molecule has 2 saturated heterocycles. The maximum Gasteiger partial charge on any atom is 0.198 e. The molecule has 22 heavy (non-hydrogen) atoms. The number of benzene rings is 1. The molecule has 0 radical (unpaired) electrons. The molecular formula is C17H20O4S. The maximum atomic E-state index is 12.4. The highest BCUT2D eigenvalue weighted by atomic mass is 32.2. The number of hydrogen-bond donors (Lipinski definition) is 1. The Labute approximate surface area is 134 Å². The van der Waals surface area contributed by atoms with Crippen molar-refractivity contribution in [3.8, 4) is 0 Å². The summed E-state index contributed by atoms with van der Waals surface area (Å²) in [5.74, 6) is -0.482. The average molecular weight is 320 g/mol. The summed E-state index contributed by atoms with van der Waals surface area (Å²) < 4.78 is 11.7. The van der Waals surface area contributed by atoms with Gasteiger partial charge in [0.05, 0.1) is 0 Å². The van der Waals surface area contributed by atoms with Crippen LogP contribution in [0.5, 0.6) is 0 Å². The molecule has 0 unspecified atom stereocenters. The van der Waals surface area contributed by atoms with E-state index in [1.54, 1.807) is 18.7 Å². The summed E-state index contributed by atoms with van der Waals surface area (Å²) >= 11 is 1.73. The first kappa shape index (κ1) is 14.7. The van der Waals surface area contributed by atoms with Crippen LogP contribution in [-0.2, 0) is 14.3 Å². The molecule has 5 heteroatoms. The fourth-order valence-electron chi connectivity index (χ4n) is 3.86. The van der Waals surface area contributed by atoms with Gasteiger partial charge in [-0.3, -0.25) is 4.79 Å². The molecular weight excluding hydrogens is 300 g/mol. The van der Waals surface area contributed by atoms with Crippen molar-refractivity contribution >= 4 is 17.5 Å². The number of carbonyl (C=O) groups excluding carboxylic acids is 1. The van der Waals surface area contributed by atoms with Gasteiger partial charge in [-0.1, -0.05) is 18.2 Å². The Morgan fingerprint density at radius 2 is 2.14 bits per heavy atom. The van der Waals surface area contributed by atoms with Gasteiger partial charge in [-0.2, -0.15) is 0 Å². The highest BCUT2D eigenvalue weighted by Crippen LogP contribution is 2.56. The molecule has 4 nitrogen and oxygen atoms in total. The highest BCUT2D eigenvalue weighted by molar-refractivity contribution is 7.99. The van der Waals surface area contributed by atoms with Crippen LogP contribution in [0, 0.1) is 18.8 Å². The van der Waals surface area contributed by atoms with E-state index in [1.165, 1.54) is 10.5 Å². The summed E-state index contributed by atoms with van der Waals surface area (Å²) in [7, 11) is 0.